The third-order valence-corrected chi connectivity index (χ3v) is 6.34. The van der Waals surface area contributed by atoms with E-state index >= 15 is 0 Å². The van der Waals surface area contributed by atoms with E-state index in [-0.39, 0.29) is 17.8 Å². The number of benzene rings is 1. The molecular formula is C24H27FN4O. The van der Waals surface area contributed by atoms with Crippen LogP contribution in [0.1, 0.15) is 66.7 Å². The van der Waals surface area contributed by atoms with Gasteiger partial charge in [0.05, 0.1) is 5.56 Å². The first-order chi connectivity index (χ1) is 14.6. The van der Waals surface area contributed by atoms with Gasteiger partial charge in [0, 0.05) is 30.0 Å². The van der Waals surface area contributed by atoms with Crippen LogP contribution in [0.2, 0.25) is 0 Å². The molecule has 6 heteroatoms. The van der Waals surface area contributed by atoms with Crippen LogP contribution < -0.4 is 5.32 Å². The summed E-state index contributed by atoms with van der Waals surface area (Å²) in [6.45, 7) is 3.91. The quantitative estimate of drug-likeness (QED) is 0.651. The van der Waals surface area contributed by atoms with Crippen LogP contribution in [0.5, 0.6) is 0 Å². The standard InChI is InChI=1S/C24H27FN4O/c1-3-22(29-24(30)18-13-27-15(2)28-14-18)17-9-7-16(8-10-17)19-11-12-26-23-20(19)5-4-6-21(23)25/h4-6,11-14,16-17,22H,3,7-10H2,1-2H3,(H,29,30)/t16?,17?,22-/m0/s1. The number of nitrogens with one attached hydrogen (secondary N) is 1. The van der Waals surface area contributed by atoms with E-state index in [4.69, 9.17) is 0 Å². The summed E-state index contributed by atoms with van der Waals surface area (Å²) >= 11 is 0. The molecule has 5 nitrogen and oxygen atoms in total. The molecule has 0 spiro atoms. The number of hydrogen-bond acceptors (Lipinski definition) is 4. The summed E-state index contributed by atoms with van der Waals surface area (Å²) in [5.41, 5.74) is 2.14. The highest BCUT2D eigenvalue weighted by Crippen LogP contribution is 2.40. The lowest BCUT2D eigenvalue weighted by atomic mass is 9.75. The van der Waals surface area contributed by atoms with Crippen molar-refractivity contribution in [3.8, 4) is 0 Å². The largest absolute Gasteiger partial charge is 0.349 e. The summed E-state index contributed by atoms with van der Waals surface area (Å²) in [6, 6.07) is 7.34. The van der Waals surface area contributed by atoms with Gasteiger partial charge in [-0.2, -0.15) is 0 Å². The SMILES string of the molecule is CC[C@H](NC(=O)c1cnc(C)nc1)C1CCC(c2ccnc3c(F)cccc23)CC1. The molecule has 0 radical (unpaired) electrons. The monoisotopic (exact) mass is 406 g/mol. The first-order valence-corrected chi connectivity index (χ1v) is 10.7. The molecule has 2 aromatic heterocycles. The number of halogens is 1. The maximum Gasteiger partial charge on any atom is 0.254 e. The lowest BCUT2D eigenvalue weighted by Crippen LogP contribution is -2.41. The van der Waals surface area contributed by atoms with E-state index in [1.807, 2.05) is 12.1 Å². The average molecular weight is 407 g/mol. The predicted molar refractivity (Wildman–Crippen MR) is 115 cm³/mol. The predicted octanol–water partition coefficient (Wildman–Crippen LogP) is 4.95. The molecule has 2 heterocycles. The van der Waals surface area contributed by atoms with E-state index in [9.17, 15) is 9.18 Å². The number of para-hydroxylation sites is 1. The molecule has 156 valence electrons. The minimum atomic E-state index is -0.267. The molecule has 1 aliphatic rings. The van der Waals surface area contributed by atoms with Crippen LogP contribution in [0.3, 0.4) is 0 Å². The third kappa shape index (κ3) is 4.18. The lowest BCUT2D eigenvalue weighted by Gasteiger charge is -2.34. The number of aryl methyl sites for hydroxylation is 1. The Morgan fingerprint density at radius 3 is 2.57 bits per heavy atom. The molecule has 1 N–H and O–H groups in total. The van der Waals surface area contributed by atoms with Crippen molar-refractivity contribution in [3.63, 3.8) is 0 Å². The summed E-state index contributed by atoms with van der Waals surface area (Å²) in [4.78, 5) is 25.1. The van der Waals surface area contributed by atoms with E-state index < -0.39 is 0 Å². The first kappa shape index (κ1) is 20.4. The Morgan fingerprint density at radius 2 is 1.87 bits per heavy atom. The zero-order valence-corrected chi connectivity index (χ0v) is 17.4. The van der Waals surface area contributed by atoms with E-state index in [0.29, 0.717) is 28.7 Å². The Bertz CT molecular complexity index is 1030. The van der Waals surface area contributed by atoms with Gasteiger partial charge in [-0.05, 0) is 68.6 Å². The first-order valence-electron chi connectivity index (χ1n) is 10.7. The molecule has 0 unspecified atom stereocenters. The number of carbonyl (C=O) groups is 1. The van der Waals surface area contributed by atoms with Crippen LogP contribution in [0.15, 0.2) is 42.9 Å². The van der Waals surface area contributed by atoms with Gasteiger partial charge in [0.25, 0.3) is 5.91 Å². The van der Waals surface area contributed by atoms with E-state index in [0.717, 1.165) is 37.5 Å². The van der Waals surface area contributed by atoms with Crippen molar-refractivity contribution >= 4 is 16.8 Å². The number of fused-ring (bicyclic) bond motifs is 1. The van der Waals surface area contributed by atoms with E-state index in [2.05, 4.69) is 27.2 Å². The van der Waals surface area contributed by atoms with Crippen LogP contribution in [-0.4, -0.2) is 26.9 Å². The zero-order chi connectivity index (χ0) is 21.1. The minimum absolute atomic E-state index is 0.112. The second kappa shape index (κ2) is 8.86. The van der Waals surface area contributed by atoms with Gasteiger partial charge in [-0.15, -0.1) is 0 Å². The maximum atomic E-state index is 14.1. The maximum absolute atomic E-state index is 14.1. The summed E-state index contributed by atoms with van der Waals surface area (Å²) < 4.78 is 14.1. The lowest BCUT2D eigenvalue weighted by molar-refractivity contribution is 0.0908. The van der Waals surface area contributed by atoms with Crippen LogP contribution in [0.25, 0.3) is 10.9 Å². The molecule has 1 fully saturated rings. The Kier molecular flexibility index (Phi) is 6.02. The minimum Gasteiger partial charge on any atom is -0.349 e. The second-order valence-electron chi connectivity index (χ2n) is 8.16. The van der Waals surface area contributed by atoms with Crippen LogP contribution in [0.4, 0.5) is 4.39 Å². The van der Waals surface area contributed by atoms with Crippen molar-refractivity contribution in [2.45, 2.75) is 57.9 Å². The second-order valence-corrected chi connectivity index (χ2v) is 8.16. The fourth-order valence-electron chi connectivity index (χ4n) is 4.66. The highest BCUT2D eigenvalue weighted by molar-refractivity contribution is 5.93. The fraction of sp³-hybridized carbons (Fsp3) is 0.417. The normalized spacial score (nSPS) is 20.1. The molecule has 1 saturated carbocycles. The number of nitrogens with zero attached hydrogens (tertiary/aromatic N) is 3. The average Bonchev–Trinajstić information content (AvgIpc) is 2.78. The highest BCUT2D eigenvalue weighted by atomic mass is 19.1. The Labute approximate surface area is 176 Å². The molecule has 1 aromatic carbocycles. The molecule has 1 atom stereocenters. The fourth-order valence-corrected chi connectivity index (χ4v) is 4.66. The van der Waals surface area contributed by atoms with Crippen molar-refractivity contribution in [2.24, 2.45) is 5.92 Å². The number of pyridine rings is 1. The molecule has 4 rings (SSSR count). The molecule has 30 heavy (non-hydrogen) atoms. The van der Waals surface area contributed by atoms with E-state index in [1.54, 1.807) is 31.6 Å². The van der Waals surface area contributed by atoms with Gasteiger partial charge in [0.2, 0.25) is 0 Å². The zero-order valence-electron chi connectivity index (χ0n) is 17.4. The number of hydrogen-bond donors (Lipinski definition) is 1. The van der Waals surface area contributed by atoms with Crippen molar-refractivity contribution in [3.05, 3.63) is 65.6 Å². The number of amides is 1. The van der Waals surface area contributed by atoms with Gasteiger partial charge in [0.15, 0.2) is 0 Å². The molecule has 1 aliphatic carbocycles. The third-order valence-electron chi connectivity index (χ3n) is 6.34. The van der Waals surface area contributed by atoms with Crippen LogP contribution in [0, 0.1) is 18.7 Å². The molecule has 0 saturated heterocycles. The Hall–Kier alpha value is -2.89. The highest BCUT2D eigenvalue weighted by Gasteiger charge is 2.29. The summed E-state index contributed by atoms with van der Waals surface area (Å²) in [6.07, 6.45) is 9.88. The summed E-state index contributed by atoms with van der Waals surface area (Å²) in [7, 11) is 0. The van der Waals surface area contributed by atoms with E-state index in [1.165, 1.54) is 11.6 Å². The molecule has 0 bridgehead atoms. The van der Waals surface area contributed by atoms with Crippen LogP contribution >= 0.6 is 0 Å². The Morgan fingerprint density at radius 1 is 1.13 bits per heavy atom. The van der Waals surface area contributed by atoms with Gasteiger partial charge in [-0.1, -0.05) is 19.1 Å². The van der Waals surface area contributed by atoms with Gasteiger partial charge in [-0.3, -0.25) is 9.78 Å². The van der Waals surface area contributed by atoms with Crippen molar-refractivity contribution < 1.29 is 9.18 Å². The number of carbonyl (C=O) groups excluding carboxylic acids is 1. The molecule has 0 aliphatic heterocycles. The van der Waals surface area contributed by atoms with Gasteiger partial charge >= 0.3 is 0 Å². The number of aromatic nitrogens is 3. The van der Waals surface area contributed by atoms with Gasteiger partial charge in [0.1, 0.15) is 17.2 Å². The van der Waals surface area contributed by atoms with Crippen molar-refractivity contribution in [1.29, 1.82) is 0 Å². The molecular weight excluding hydrogens is 379 g/mol. The molecule has 1 amide bonds. The number of rotatable bonds is 5. The van der Waals surface area contributed by atoms with Crippen molar-refractivity contribution in [1.82, 2.24) is 20.3 Å². The van der Waals surface area contributed by atoms with Gasteiger partial charge in [-0.25, -0.2) is 14.4 Å². The Balaban J connectivity index is 1.43. The molecule has 3 aromatic rings. The van der Waals surface area contributed by atoms with Gasteiger partial charge < -0.3 is 5.32 Å². The summed E-state index contributed by atoms with van der Waals surface area (Å²) in [5.74, 6) is 1.11. The topological polar surface area (TPSA) is 67.8 Å². The smallest absolute Gasteiger partial charge is 0.254 e. The van der Waals surface area contributed by atoms with Crippen LogP contribution in [-0.2, 0) is 0 Å². The van der Waals surface area contributed by atoms with Crippen molar-refractivity contribution in [2.75, 3.05) is 0 Å². The summed E-state index contributed by atoms with van der Waals surface area (Å²) in [5, 5.41) is 4.10.